The van der Waals surface area contributed by atoms with E-state index in [4.69, 9.17) is 9.62 Å². The van der Waals surface area contributed by atoms with Crippen molar-refractivity contribution in [1.29, 1.82) is 0 Å². The highest BCUT2D eigenvalue weighted by Crippen LogP contribution is 2.30. The minimum Gasteiger partial charge on any atom is -0.373 e. The number of hydrogen-bond acceptors (Lipinski definition) is 7. The van der Waals surface area contributed by atoms with E-state index in [0.717, 1.165) is 42.2 Å². The first-order valence-electron chi connectivity index (χ1n) is 17.4. The second kappa shape index (κ2) is 15.1. The molecule has 0 bridgehead atoms. The van der Waals surface area contributed by atoms with E-state index in [1.165, 1.54) is 4.90 Å². The number of carbonyl (C=O) groups is 3. The maximum atomic E-state index is 14.4. The van der Waals surface area contributed by atoms with Crippen LogP contribution in [0.2, 0.25) is 0 Å². The lowest BCUT2D eigenvalue weighted by Gasteiger charge is -2.34. The lowest BCUT2D eigenvalue weighted by atomic mass is 9.97. The van der Waals surface area contributed by atoms with Gasteiger partial charge in [0.15, 0.2) is 11.3 Å². The molecule has 0 saturated carbocycles. The largest absolute Gasteiger partial charge is 0.373 e. The van der Waals surface area contributed by atoms with Crippen LogP contribution in [0.4, 0.5) is 5.69 Å². The third-order valence-corrected chi connectivity index (χ3v) is 9.37. The van der Waals surface area contributed by atoms with Gasteiger partial charge in [-0.1, -0.05) is 68.2 Å². The molecule has 2 aromatic heterocycles. The van der Waals surface area contributed by atoms with E-state index in [1.807, 2.05) is 54.3 Å². The molecular weight excluding hydrogens is 632 g/mol. The van der Waals surface area contributed by atoms with Crippen molar-refractivity contribution in [1.82, 2.24) is 24.7 Å². The molecule has 6 rings (SSSR count). The van der Waals surface area contributed by atoms with Crippen molar-refractivity contribution in [2.24, 2.45) is 0 Å². The number of hydrogen-bond donors (Lipinski definition) is 2. The molecule has 3 aromatic carbocycles. The van der Waals surface area contributed by atoms with Crippen molar-refractivity contribution in [2.75, 3.05) is 18.4 Å². The standard InChI is InChI=1S/C39H44N6O5/c1-5-7-19-43(20-8-6-2)39(49)32-21-25(3)45(41-32)33-18-17-29(40-37(47)26(4)36-30-15-11-12-16-34(30)50-42-36)23-31(33)38(48)44-24-28-14-10-9-13-27(28)22-35(44)46/h9-18,21,23,26,35,46H,5-8,19-20,22,24H2,1-4H3,(H,40,47). The molecule has 3 amide bonds. The number of benzene rings is 3. The number of anilines is 1. The SMILES string of the molecule is CCCCN(CCCC)C(=O)c1cc(C)n(-c2ccc(NC(=O)C(C)c3noc4ccccc34)cc2C(=O)N2Cc3ccccc3CC2O)n1. The summed E-state index contributed by atoms with van der Waals surface area (Å²) in [6.07, 6.45) is 2.98. The fraction of sp³-hybridized carbons (Fsp3) is 0.359. The summed E-state index contributed by atoms with van der Waals surface area (Å²) < 4.78 is 7.03. The predicted octanol–water partition coefficient (Wildman–Crippen LogP) is 6.62. The second-order valence-corrected chi connectivity index (χ2v) is 13.0. The highest BCUT2D eigenvalue weighted by atomic mass is 16.5. The number of aromatic nitrogens is 3. The first-order chi connectivity index (χ1) is 24.2. The van der Waals surface area contributed by atoms with Gasteiger partial charge in [-0.3, -0.25) is 14.4 Å². The quantitative estimate of drug-likeness (QED) is 0.152. The highest BCUT2D eigenvalue weighted by Gasteiger charge is 2.32. The van der Waals surface area contributed by atoms with Gasteiger partial charge >= 0.3 is 0 Å². The van der Waals surface area contributed by atoms with E-state index in [9.17, 15) is 19.5 Å². The van der Waals surface area contributed by atoms with Gasteiger partial charge in [-0.2, -0.15) is 5.10 Å². The zero-order valence-electron chi connectivity index (χ0n) is 29.1. The van der Waals surface area contributed by atoms with Gasteiger partial charge < -0.3 is 24.7 Å². The van der Waals surface area contributed by atoms with Gasteiger partial charge in [0.05, 0.1) is 17.2 Å². The first kappa shape index (κ1) is 34.6. The van der Waals surface area contributed by atoms with Gasteiger partial charge in [0, 0.05) is 42.8 Å². The molecular formula is C39H44N6O5. The zero-order valence-corrected chi connectivity index (χ0v) is 29.1. The van der Waals surface area contributed by atoms with Gasteiger partial charge in [-0.25, -0.2) is 4.68 Å². The van der Waals surface area contributed by atoms with E-state index in [2.05, 4.69) is 24.3 Å². The lowest BCUT2D eigenvalue weighted by molar-refractivity contribution is -0.117. The van der Waals surface area contributed by atoms with Crippen LogP contribution in [0.3, 0.4) is 0 Å². The molecule has 2 unspecified atom stereocenters. The Morgan fingerprint density at radius 2 is 1.68 bits per heavy atom. The van der Waals surface area contributed by atoms with Gasteiger partial charge in [0.25, 0.3) is 11.8 Å². The number of carbonyl (C=O) groups excluding carboxylic acids is 3. The fourth-order valence-corrected chi connectivity index (χ4v) is 6.43. The number of nitrogens with zero attached hydrogens (tertiary/aromatic N) is 5. The number of fused-ring (bicyclic) bond motifs is 2. The zero-order chi connectivity index (χ0) is 35.4. The Kier molecular flexibility index (Phi) is 10.4. The lowest BCUT2D eigenvalue weighted by Crippen LogP contribution is -2.44. The van der Waals surface area contributed by atoms with Crippen molar-refractivity contribution in [3.63, 3.8) is 0 Å². The summed E-state index contributed by atoms with van der Waals surface area (Å²) in [6.45, 7) is 9.30. The molecule has 0 radical (unpaired) electrons. The summed E-state index contributed by atoms with van der Waals surface area (Å²) in [7, 11) is 0. The molecule has 2 atom stereocenters. The maximum Gasteiger partial charge on any atom is 0.274 e. The molecule has 11 heteroatoms. The number of nitrogens with one attached hydrogen (secondary N) is 1. The third kappa shape index (κ3) is 7.04. The smallest absolute Gasteiger partial charge is 0.274 e. The normalized spacial score (nSPS) is 14.7. The van der Waals surface area contributed by atoms with E-state index in [-0.39, 0.29) is 23.9 Å². The highest BCUT2D eigenvalue weighted by molar-refractivity contribution is 6.02. The molecule has 0 spiro atoms. The first-order valence-corrected chi connectivity index (χ1v) is 17.4. The molecule has 11 nitrogen and oxygen atoms in total. The Labute approximate surface area is 291 Å². The molecule has 50 heavy (non-hydrogen) atoms. The topological polar surface area (TPSA) is 134 Å². The Balaban J connectivity index is 1.35. The summed E-state index contributed by atoms with van der Waals surface area (Å²) >= 11 is 0. The second-order valence-electron chi connectivity index (χ2n) is 13.0. The number of amides is 3. The fourth-order valence-electron chi connectivity index (χ4n) is 6.43. The number of aliphatic hydroxyl groups is 1. The molecule has 0 aliphatic carbocycles. The van der Waals surface area contributed by atoms with Gasteiger partial charge in [-0.05, 0) is 74.2 Å². The Bertz CT molecular complexity index is 2010. The Morgan fingerprint density at radius 3 is 2.42 bits per heavy atom. The van der Waals surface area contributed by atoms with Crippen molar-refractivity contribution in [3.05, 3.63) is 107 Å². The van der Waals surface area contributed by atoms with Crippen LogP contribution >= 0.6 is 0 Å². The molecule has 2 N–H and O–H groups in total. The molecule has 3 heterocycles. The van der Waals surface area contributed by atoms with Crippen LogP contribution in [0.1, 0.15) is 95.7 Å². The summed E-state index contributed by atoms with van der Waals surface area (Å²) in [5.41, 5.74) is 5.05. The van der Waals surface area contributed by atoms with Crippen LogP contribution in [0.25, 0.3) is 16.7 Å². The van der Waals surface area contributed by atoms with E-state index >= 15 is 0 Å². The minimum atomic E-state index is -1.05. The molecule has 1 aliphatic heterocycles. The maximum absolute atomic E-state index is 14.4. The van der Waals surface area contributed by atoms with Gasteiger partial charge in [-0.15, -0.1) is 0 Å². The third-order valence-electron chi connectivity index (χ3n) is 9.37. The van der Waals surface area contributed by atoms with Crippen molar-refractivity contribution in [3.8, 4) is 5.69 Å². The average molecular weight is 677 g/mol. The van der Waals surface area contributed by atoms with E-state index in [1.54, 1.807) is 41.9 Å². The molecule has 1 aliphatic rings. The number of para-hydroxylation sites is 1. The van der Waals surface area contributed by atoms with Gasteiger partial charge in [0.1, 0.15) is 11.9 Å². The number of aliphatic hydroxyl groups excluding tert-OH is 1. The minimum absolute atomic E-state index is 0.150. The van der Waals surface area contributed by atoms with Crippen LogP contribution in [-0.4, -0.2) is 66.9 Å². The van der Waals surface area contributed by atoms with E-state index in [0.29, 0.717) is 53.5 Å². The molecule has 260 valence electrons. The van der Waals surface area contributed by atoms with Crippen LogP contribution in [0, 0.1) is 6.92 Å². The van der Waals surface area contributed by atoms with Crippen molar-refractivity contribution < 1.29 is 24.0 Å². The number of aryl methyl sites for hydroxylation is 1. The summed E-state index contributed by atoms with van der Waals surface area (Å²) in [5.74, 6) is -1.56. The van der Waals surface area contributed by atoms with Crippen molar-refractivity contribution >= 4 is 34.4 Å². The summed E-state index contributed by atoms with van der Waals surface area (Å²) in [6, 6.07) is 21.9. The number of rotatable bonds is 12. The molecule has 5 aromatic rings. The average Bonchev–Trinajstić information content (AvgIpc) is 3.74. The van der Waals surface area contributed by atoms with Gasteiger partial charge in [0.2, 0.25) is 5.91 Å². The van der Waals surface area contributed by atoms with Crippen LogP contribution in [-0.2, 0) is 17.8 Å². The Morgan fingerprint density at radius 1 is 0.980 bits per heavy atom. The summed E-state index contributed by atoms with van der Waals surface area (Å²) in [5, 5.41) is 23.7. The predicted molar refractivity (Wildman–Crippen MR) is 191 cm³/mol. The number of unbranched alkanes of at least 4 members (excludes halogenated alkanes) is 2. The van der Waals surface area contributed by atoms with Crippen LogP contribution < -0.4 is 5.32 Å². The summed E-state index contributed by atoms with van der Waals surface area (Å²) in [4.78, 5) is 44.9. The van der Waals surface area contributed by atoms with Crippen LogP contribution in [0.15, 0.2) is 77.3 Å². The Hall–Kier alpha value is -5.29. The monoisotopic (exact) mass is 676 g/mol. The van der Waals surface area contributed by atoms with Crippen LogP contribution in [0.5, 0.6) is 0 Å². The molecule has 0 fully saturated rings. The molecule has 0 saturated heterocycles. The van der Waals surface area contributed by atoms with Crippen molar-refractivity contribution in [2.45, 2.75) is 78.5 Å². The van der Waals surface area contributed by atoms with E-state index < -0.39 is 18.1 Å².